The predicted molar refractivity (Wildman–Crippen MR) is 61.2 cm³/mol. The van der Waals surface area contributed by atoms with Gasteiger partial charge in [-0.1, -0.05) is 0 Å². The number of carbonyl (C=O) groups is 1. The molecule has 94 valence electrons. The lowest BCUT2D eigenvalue weighted by atomic mass is 10.2. The highest BCUT2D eigenvalue weighted by atomic mass is 16.5. The highest BCUT2D eigenvalue weighted by Crippen LogP contribution is 2.12. The molecule has 0 radical (unpaired) electrons. The number of morpholine rings is 1. The number of aryl methyl sites for hydroxylation is 1. The summed E-state index contributed by atoms with van der Waals surface area (Å²) in [6.07, 6.45) is 3.68. The first-order valence-electron chi connectivity index (χ1n) is 5.90. The van der Waals surface area contributed by atoms with Crippen LogP contribution >= 0.6 is 0 Å². The first kappa shape index (κ1) is 12.0. The number of rotatable bonds is 3. The van der Waals surface area contributed by atoms with Crippen molar-refractivity contribution in [3.8, 4) is 0 Å². The van der Waals surface area contributed by atoms with Crippen molar-refractivity contribution < 1.29 is 9.53 Å². The minimum absolute atomic E-state index is 0.126. The highest BCUT2D eigenvalue weighted by molar-refractivity contribution is 5.76. The second-order valence-electron chi connectivity index (χ2n) is 4.45. The topological polar surface area (TPSA) is 60.2 Å². The SMILES string of the molecule is C[C@@H]1CO[C@@H](C)CN1C(=O)CCn1cncn1. The molecule has 0 bridgehead atoms. The van der Waals surface area contributed by atoms with Gasteiger partial charge in [-0.3, -0.25) is 9.48 Å². The van der Waals surface area contributed by atoms with Crippen molar-refractivity contribution >= 4 is 5.91 Å². The van der Waals surface area contributed by atoms with Gasteiger partial charge in [0.15, 0.2) is 0 Å². The van der Waals surface area contributed by atoms with Crippen LogP contribution < -0.4 is 0 Å². The molecule has 0 aliphatic carbocycles. The first-order valence-corrected chi connectivity index (χ1v) is 5.90. The number of nitrogens with zero attached hydrogens (tertiary/aromatic N) is 4. The van der Waals surface area contributed by atoms with Crippen LogP contribution in [0.1, 0.15) is 20.3 Å². The van der Waals surface area contributed by atoms with Gasteiger partial charge in [-0.25, -0.2) is 4.98 Å². The molecule has 0 N–H and O–H groups in total. The normalized spacial score (nSPS) is 24.9. The quantitative estimate of drug-likeness (QED) is 0.760. The summed E-state index contributed by atoms with van der Waals surface area (Å²) in [5.41, 5.74) is 0. The Morgan fingerprint density at radius 3 is 3.06 bits per heavy atom. The van der Waals surface area contributed by atoms with Gasteiger partial charge in [0.05, 0.1) is 25.3 Å². The number of carbonyl (C=O) groups excluding carboxylic acids is 1. The predicted octanol–water partition coefficient (Wildman–Crippen LogP) is 0.304. The van der Waals surface area contributed by atoms with Crippen LogP contribution in [0.25, 0.3) is 0 Å². The van der Waals surface area contributed by atoms with Gasteiger partial charge in [-0.15, -0.1) is 0 Å². The number of aromatic nitrogens is 3. The van der Waals surface area contributed by atoms with E-state index in [1.807, 2.05) is 18.7 Å². The maximum Gasteiger partial charge on any atom is 0.224 e. The van der Waals surface area contributed by atoms with Gasteiger partial charge in [0.2, 0.25) is 5.91 Å². The van der Waals surface area contributed by atoms with Crippen molar-refractivity contribution in [2.75, 3.05) is 13.2 Å². The fraction of sp³-hybridized carbons (Fsp3) is 0.727. The van der Waals surface area contributed by atoms with Gasteiger partial charge in [0, 0.05) is 13.0 Å². The summed E-state index contributed by atoms with van der Waals surface area (Å²) in [5, 5.41) is 3.98. The highest BCUT2D eigenvalue weighted by Gasteiger charge is 2.26. The van der Waals surface area contributed by atoms with E-state index in [4.69, 9.17) is 4.74 Å². The van der Waals surface area contributed by atoms with Gasteiger partial charge >= 0.3 is 0 Å². The lowest BCUT2D eigenvalue weighted by Gasteiger charge is -2.36. The molecule has 1 aliphatic rings. The van der Waals surface area contributed by atoms with Crippen LogP contribution in [0, 0.1) is 0 Å². The monoisotopic (exact) mass is 238 g/mol. The molecule has 1 aliphatic heterocycles. The molecule has 1 saturated heterocycles. The van der Waals surface area contributed by atoms with Crippen LogP contribution in [-0.4, -0.2) is 50.9 Å². The second-order valence-corrected chi connectivity index (χ2v) is 4.45. The lowest BCUT2D eigenvalue weighted by Crippen LogP contribution is -2.50. The van der Waals surface area contributed by atoms with Crippen molar-refractivity contribution in [2.24, 2.45) is 0 Å². The largest absolute Gasteiger partial charge is 0.375 e. The van der Waals surface area contributed by atoms with E-state index in [9.17, 15) is 4.79 Å². The fourth-order valence-corrected chi connectivity index (χ4v) is 1.95. The zero-order valence-electron chi connectivity index (χ0n) is 10.2. The second kappa shape index (κ2) is 5.27. The molecule has 17 heavy (non-hydrogen) atoms. The standard InChI is InChI=1S/C11H18N4O2/c1-9-6-17-10(2)5-15(9)11(16)3-4-14-8-12-7-13-14/h7-10H,3-6H2,1-2H3/t9-,10+/m1/s1. The average molecular weight is 238 g/mol. The number of hydrogen-bond acceptors (Lipinski definition) is 4. The maximum atomic E-state index is 12.1. The Morgan fingerprint density at radius 1 is 1.53 bits per heavy atom. The molecule has 0 unspecified atom stereocenters. The third-order valence-corrected chi connectivity index (χ3v) is 2.95. The minimum atomic E-state index is 0.126. The van der Waals surface area contributed by atoms with Gasteiger partial charge in [0.1, 0.15) is 12.7 Å². The van der Waals surface area contributed by atoms with E-state index in [-0.39, 0.29) is 18.1 Å². The Kier molecular flexibility index (Phi) is 3.73. The van der Waals surface area contributed by atoms with Crippen molar-refractivity contribution in [3.63, 3.8) is 0 Å². The molecule has 2 rings (SSSR count). The summed E-state index contributed by atoms with van der Waals surface area (Å²) >= 11 is 0. The Hall–Kier alpha value is -1.43. The molecular formula is C11H18N4O2. The summed E-state index contributed by atoms with van der Waals surface area (Å²) < 4.78 is 7.17. The molecule has 2 heterocycles. The number of amides is 1. The minimum Gasteiger partial charge on any atom is -0.375 e. The zero-order chi connectivity index (χ0) is 12.3. The third kappa shape index (κ3) is 3.03. The molecular weight excluding hydrogens is 220 g/mol. The van der Waals surface area contributed by atoms with Crippen LogP contribution in [0.3, 0.4) is 0 Å². The number of ether oxygens (including phenoxy) is 1. The summed E-state index contributed by atoms with van der Waals surface area (Å²) in [6.45, 7) is 5.88. The third-order valence-electron chi connectivity index (χ3n) is 2.95. The summed E-state index contributed by atoms with van der Waals surface area (Å²) in [7, 11) is 0. The molecule has 6 heteroatoms. The first-order chi connectivity index (χ1) is 8.16. The lowest BCUT2D eigenvalue weighted by molar-refractivity contribution is -0.143. The Labute approximate surface area is 101 Å². The van der Waals surface area contributed by atoms with E-state index in [1.54, 1.807) is 11.0 Å². The van der Waals surface area contributed by atoms with Crippen molar-refractivity contribution in [1.29, 1.82) is 0 Å². The van der Waals surface area contributed by atoms with Gasteiger partial charge in [-0.05, 0) is 13.8 Å². The molecule has 2 atom stereocenters. The molecule has 1 amide bonds. The molecule has 6 nitrogen and oxygen atoms in total. The van der Waals surface area contributed by atoms with Crippen LogP contribution in [0.15, 0.2) is 12.7 Å². The van der Waals surface area contributed by atoms with E-state index in [2.05, 4.69) is 10.1 Å². The molecule has 0 spiro atoms. The summed E-state index contributed by atoms with van der Waals surface area (Å²) in [6, 6.07) is 0.162. The van der Waals surface area contributed by atoms with Gasteiger partial charge < -0.3 is 9.64 Å². The summed E-state index contributed by atoms with van der Waals surface area (Å²) in [5.74, 6) is 0.156. The van der Waals surface area contributed by atoms with Crippen LogP contribution in [0.4, 0.5) is 0 Å². The maximum absolute atomic E-state index is 12.1. The van der Waals surface area contributed by atoms with E-state index < -0.39 is 0 Å². The van der Waals surface area contributed by atoms with E-state index in [0.29, 0.717) is 26.1 Å². The van der Waals surface area contributed by atoms with Crippen LogP contribution in [0.2, 0.25) is 0 Å². The summed E-state index contributed by atoms with van der Waals surface area (Å²) in [4.78, 5) is 17.8. The zero-order valence-corrected chi connectivity index (χ0v) is 10.2. The van der Waals surface area contributed by atoms with Crippen molar-refractivity contribution in [1.82, 2.24) is 19.7 Å². The molecule has 1 fully saturated rings. The van der Waals surface area contributed by atoms with Crippen LogP contribution in [0.5, 0.6) is 0 Å². The Morgan fingerprint density at radius 2 is 2.35 bits per heavy atom. The smallest absolute Gasteiger partial charge is 0.224 e. The van der Waals surface area contributed by atoms with E-state index in [0.717, 1.165) is 0 Å². The van der Waals surface area contributed by atoms with E-state index >= 15 is 0 Å². The Bertz CT molecular complexity index is 366. The molecule has 1 aromatic heterocycles. The number of hydrogen-bond donors (Lipinski definition) is 0. The molecule has 0 aromatic carbocycles. The van der Waals surface area contributed by atoms with Gasteiger partial charge in [-0.2, -0.15) is 5.10 Å². The fourth-order valence-electron chi connectivity index (χ4n) is 1.95. The van der Waals surface area contributed by atoms with E-state index in [1.165, 1.54) is 6.33 Å². The van der Waals surface area contributed by atoms with Gasteiger partial charge in [0.25, 0.3) is 0 Å². The molecule has 0 saturated carbocycles. The average Bonchev–Trinajstić information content (AvgIpc) is 2.82. The van der Waals surface area contributed by atoms with Crippen molar-refractivity contribution in [3.05, 3.63) is 12.7 Å². The van der Waals surface area contributed by atoms with Crippen LogP contribution in [-0.2, 0) is 16.1 Å². The Balaban J connectivity index is 1.86. The molecule has 1 aromatic rings. The van der Waals surface area contributed by atoms with Crippen molar-refractivity contribution in [2.45, 2.75) is 39.0 Å².